The number of rotatable bonds is 0. The Bertz CT molecular complexity index is 594. The maximum absolute atomic E-state index is 11.7. The van der Waals surface area contributed by atoms with Gasteiger partial charge in [0.05, 0.1) is 0 Å². The van der Waals surface area contributed by atoms with Gasteiger partial charge in [-0.1, -0.05) is 37.9 Å². The predicted octanol–water partition coefficient (Wildman–Crippen LogP) is 4.10. The lowest BCUT2D eigenvalue weighted by atomic mass is 10.1. The van der Waals surface area contributed by atoms with Gasteiger partial charge in [0.2, 0.25) is 0 Å². The number of halogens is 2. The molecule has 0 aliphatic heterocycles. The van der Waals surface area contributed by atoms with Crippen LogP contribution in [0.1, 0.15) is 15.9 Å². The van der Waals surface area contributed by atoms with Crippen LogP contribution in [0.4, 0.5) is 0 Å². The first-order chi connectivity index (χ1) is 7.18. The zero-order chi connectivity index (χ0) is 10.6. The summed E-state index contributed by atoms with van der Waals surface area (Å²) < 4.78 is 2.06. The van der Waals surface area contributed by atoms with Crippen LogP contribution in [-0.4, -0.2) is 5.78 Å². The number of Topliss-reactive ketones (excluding diaryl/α,β-unsaturated/α-hetero) is 1. The molecule has 0 unspecified atom stereocenters. The highest BCUT2D eigenvalue weighted by molar-refractivity contribution is 9.11. The van der Waals surface area contributed by atoms with Gasteiger partial charge in [-0.15, -0.1) is 0 Å². The molecule has 3 rings (SSSR count). The molecule has 0 saturated carbocycles. The molecule has 15 heavy (non-hydrogen) atoms. The molecule has 3 heteroatoms. The van der Waals surface area contributed by atoms with E-state index in [2.05, 4.69) is 31.9 Å². The van der Waals surface area contributed by atoms with E-state index in [9.17, 15) is 4.79 Å². The second kappa shape index (κ2) is 3.16. The summed E-state index contributed by atoms with van der Waals surface area (Å²) in [5, 5.41) is 2.21. The molecule has 0 radical (unpaired) electrons. The largest absolute Gasteiger partial charge is 0.294 e. The van der Waals surface area contributed by atoms with Crippen molar-refractivity contribution < 1.29 is 4.79 Å². The summed E-state index contributed by atoms with van der Waals surface area (Å²) in [6, 6.07) is 7.87. The topological polar surface area (TPSA) is 17.1 Å². The standard InChI is InChI=1S/C12H6Br2O/c13-8-3-1-6-5-10(15)7-2-4-9(14)12(8)11(6)7/h1-4H,5H2. The van der Waals surface area contributed by atoms with Gasteiger partial charge in [0.15, 0.2) is 5.78 Å². The van der Waals surface area contributed by atoms with Crippen LogP contribution in [0.3, 0.4) is 0 Å². The molecular weight excluding hydrogens is 320 g/mol. The Morgan fingerprint density at radius 1 is 0.933 bits per heavy atom. The number of carbonyl (C=O) groups is 1. The lowest BCUT2D eigenvalue weighted by Gasteiger charge is -2.05. The third-order valence-corrected chi connectivity index (χ3v) is 4.12. The van der Waals surface area contributed by atoms with Gasteiger partial charge >= 0.3 is 0 Å². The lowest BCUT2D eigenvalue weighted by molar-refractivity contribution is 0.1000. The van der Waals surface area contributed by atoms with Crippen molar-refractivity contribution in [1.29, 1.82) is 0 Å². The Morgan fingerprint density at radius 3 is 2.33 bits per heavy atom. The molecule has 0 heterocycles. The lowest BCUT2D eigenvalue weighted by Crippen LogP contribution is -1.93. The summed E-state index contributed by atoms with van der Waals surface area (Å²) in [5.41, 5.74) is 1.99. The number of benzene rings is 2. The first kappa shape index (κ1) is 9.55. The first-order valence-corrected chi connectivity index (χ1v) is 6.20. The van der Waals surface area contributed by atoms with E-state index in [0.29, 0.717) is 6.42 Å². The van der Waals surface area contributed by atoms with E-state index >= 15 is 0 Å². The van der Waals surface area contributed by atoms with Crippen LogP contribution in [0.5, 0.6) is 0 Å². The number of hydrogen-bond donors (Lipinski definition) is 0. The van der Waals surface area contributed by atoms with Crippen LogP contribution in [0.25, 0.3) is 10.8 Å². The molecule has 0 N–H and O–H groups in total. The van der Waals surface area contributed by atoms with Crippen molar-refractivity contribution in [2.75, 3.05) is 0 Å². The second-order valence-corrected chi connectivity index (χ2v) is 5.36. The van der Waals surface area contributed by atoms with Gasteiger partial charge in [0, 0.05) is 26.3 Å². The smallest absolute Gasteiger partial charge is 0.167 e. The fourth-order valence-corrected chi connectivity index (χ4v) is 3.49. The second-order valence-electron chi connectivity index (χ2n) is 3.65. The van der Waals surface area contributed by atoms with Gasteiger partial charge in [0.1, 0.15) is 0 Å². The molecule has 0 fully saturated rings. The first-order valence-electron chi connectivity index (χ1n) is 4.61. The van der Waals surface area contributed by atoms with Crippen LogP contribution in [0.2, 0.25) is 0 Å². The van der Waals surface area contributed by atoms with Crippen molar-refractivity contribution in [3.63, 3.8) is 0 Å². The SMILES string of the molecule is O=C1Cc2ccc(Br)c3c(Br)ccc1c23. The molecule has 0 atom stereocenters. The molecule has 2 aromatic rings. The number of ketones is 1. The van der Waals surface area contributed by atoms with E-state index in [1.54, 1.807) is 0 Å². The van der Waals surface area contributed by atoms with Crippen LogP contribution in [-0.2, 0) is 6.42 Å². The Hall–Kier alpha value is -0.670. The minimum atomic E-state index is 0.223. The maximum atomic E-state index is 11.7. The molecule has 1 nitrogen and oxygen atoms in total. The van der Waals surface area contributed by atoms with Crippen molar-refractivity contribution >= 4 is 48.4 Å². The third kappa shape index (κ3) is 1.23. The van der Waals surface area contributed by atoms with E-state index in [0.717, 1.165) is 30.8 Å². The minimum Gasteiger partial charge on any atom is -0.294 e. The summed E-state index contributed by atoms with van der Waals surface area (Å²) >= 11 is 7.04. The zero-order valence-electron chi connectivity index (χ0n) is 7.68. The molecule has 0 spiro atoms. The highest BCUT2D eigenvalue weighted by Crippen LogP contribution is 2.38. The van der Waals surface area contributed by atoms with Crippen molar-refractivity contribution in [2.45, 2.75) is 6.42 Å². The summed E-state index contributed by atoms with van der Waals surface area (Å²) in [4.78, 5) is 11.7. The van der Waals surface area contributed by atoms with Gasteiger partial charge < -0.3 is 0 Å². The number of hydrogen-bond acceptors (Lipinski definition) is 1. The molecule has 74 valence electrons. The Balaban J connectivity index is 2.61. The Labute approximate surface area is 104 Å². The monoisotopic (exact) mass is 324 g/mol. The Morgan fingerprint density at radius 2 is 1.60 bits per heavy atom. The van der Waals surface area contributed by atoms with Gasteiger partial charge in [-0.2, -0.15) is 0 Å². The van der Waals surface area contributed by atoms with E-state index in [4.69, 9.17) is 0 Å². The fourth-order valence-electron chi connectivity index (χ4n) is 2.13. The summed E-state index contributed by atoms with van der Waals surface area (Å²) in [6.45, 7) is 0. The highest BCUT2D eigenvalue weighted by atomic mass is 79.9. The van der Waals surface area contributed by atoms with E-state index in [1.165, 1.54) is 0 Å². The maximum Gasteiger partial charge on any atom is 0.167 e. The molecule has 0 amide bonds. The predicted molar refractivity (Wildman–Crippen MR) is 67.4 cm³/mol. The zero-order valence-corrected chi connectivity index (χ0v) is 10.9. The van der Waals surface area contributed by atoms with E-state index in [-0.39, 0.29) is 5.78 Å². The van der Waals surface area contributed by atoms with Crippen LogP contribution < -0.4 is 0 Å². The summed E-state index contributed by atoms with van der Waals surface area (Å²) in [6.07, 6.45) is 0.537. The third-order valence-electron chi connectivity index (χ3n) is 2.80. The number of carbonyl (C=O) groups excluding carboxylic acids is 1. The molecule has 1 aliphatic carbocycles. The van der Waals surface area contributed by atoms with Crippen molar-refractivity contribution in [1.82, 2.24) is 0 Å². The quantitative estimate of drug-likeness (QED) is 0.712. The summed E-state index contributed by atoms with van der Waals surface area (Å²) in [5.74, 6) is 0.223. The van der Waals surface area contributed by atoms with Crippen molar-refractivity contribution in [3.05, 3.63) is 44.3 Å². The van der Waals surface area contributed by atoms with E-state index < -0.39 is 0 Å². The van der Waals surface area contributed by atoms with Gasteiger partial charge in [0.25, 0.3) is 0 Å². The molecule has 0 bridgehead atoms. The van der Waals surface area contributed by atoms with Crippen molar-refractivity contribution in [3.8, 4) is 0 Å². The fraction of sp³-hybridized carbons (Fsp3) is 0.0833. The van der Waals surface area contributed by atoms with Gasteiger partial charge in [-0.3, -0.25) is 4.79 Å². The van der Waals surface area contributed by atoms with Crippen LogP contribution in [0.15, 0.2) is 33.2 Å². The van der Waals surface area contributed by atoms with Crippen LogP contribution >= 0.6 is 31.9 Å². The average molecular weight is 326 g/mol. The van der Waals surface area contributed by atoms with Crippen LogP contribution in [0, 0.1) is 0 Å². The van der Waals surface area contributed by atoms with Gasteiger partial charge in [-0.05, 0) is 29.1 Å². The molecule has 0 aromatic heterocycles. The normalized spacial score (nSPS) is 13.9. The van der Waals surface area contributed by atoms with Crippen molar-refractivity contribution in [2.24, 2.45) is 0 Å². The molecule has 2 aromatic carbocycles. The molecule has 0 saturated heterocycles. The average Bonchev–Trinajstić information content (AvgIpc) is 2.52. The highest BCUT2D eigenvalue weighted by Gasteiger charge is 2.23. The molecule has 1 aliphatic rings. The molecular formula is C12H6Br2O. The van der Waals surface area contributed by atoms with E-state index in [1.807, 2.05) is 24.3 Å². The minimum absolute atomic E-state index is 0.223. The van der Waals surface area contributed by atoms with Gasteiger partial charge in [-0.25, -0.2) is 0 Å². The Kier molecular flexibility index (Phi) is 2.01. The summed E-state index contributed by atoms with van der Waals surface area (Å²) in [7, 11) is 0.